The smallest absolute Gasteiger partial charge is 0.325 e. The predicted octanol–water partition coefficient (Wildman–Crippen LogP) is 4.04. The molecule has 3 aromatic rings. The Kier molecular flexibility index (Phi) is 7.15. The number of cyclic esters (lactones) is 1. The molecule has 5 rings (SSSR count). The van der Waals surface area contributed by atoms with Gasteiger partial charge in [0.05, 0.1) is 45.2 Å². The Morgan fingerprint density at radius 1 is 0.658 bits per heavy atom. The number of carbonyl (C=O) groups excluding carboxylic acids is 3. The molecule has 2 heterocycles. The van der Waals surface area contributed by atoms with Crippen LogP contribution in [0.4, 0.5) is 0 Å². The summed E-state index contributed by atoms with van der Waals surface area (Å²) in [5.74, 6) is -3.37. The molecule has 0 aromatic heterocycles. The van der Waals surface area contributed by atoms with E-state index in [0.717, 1.165) is 16.7 Å². The maximum atomic E-state index is 13.8. The highest BCUT2D eigenvalue weighted by Gasteiger charge is 2.64. The van der Waals surface area contributed by atoms with Gasteiger partial charge in [0.15, 0.2) is 0 Å². The molecule has 2 saturated heterocycles. The quantitative estimate of drug-likeness (QED) is 0.359. The molecule has 2 aliphatic heterocycles. The van der Waals surface area contributed by atoms with Crippen LogP contribution in [0.1, 0.15) is 34.9 Å². The largest absolute Gasteiger partial charge is 0.497 e. The maximum absolute atomic E-state index is 13.8. The molecule has 0 unspecified atom stereocenters. The van der Waals surface area contributed by atoms with Crippen molar-refractivity contribution in [2.45, 2.75) is 24.2 Å². The van der Waals surface area contributed by atoms with Crippen LogP contribution in [0.2, 0.25) is 0 Å². The van der Waals surface area contributed by atoms with Gasteiger partial charge in [-0.05, 0) is 28.8 Å². The average molecular weight is 516 g/mol. The van der Waals surface area contributed by atoms with Crippen molar-refractivity contribution in [2.24, 2.45) is 11.8 Å². The summed E-state index contributed by atoms with van der Waals surface area (Å²) < 4.78 is 21.8. The Labute approximate surface area is 221 Å². The van der Waals surface area contributed by atoms with E-state index in [-0.39, 0.29) is 0 Å². The third kappa shape index (κ3) is 4.31. The van der Waals surface area contributed by atoms with Crippen molar-refractivity contribution in [2.75, 3.05) is 21.3 Å². The van der Waals surface area contributed by atoms with Gasteiger partial charge < -0.3 is 18.9 Å². The molecule has 0 bridgehead atoms. The molecule has 0 radical (unpaired) electrons. The van der Waals surface area contributed by atoms with Crippen molar-refractivity contribution in [3.63, 3.8) is 0 Å². The molecule has 8 nitrogen and oxygen atoms in total. The fourth-order valence-corrected chi connectivity index (χ4v) is 5.86. The molecule has 6 atom stereocenters. The standard InChI is InChI=1S/C30H29NO7/c1-35-21-16-14-19(15-17-21)24-22(28(32)36-2)23(29(33)37-3)26-30(34)38-27(20-12-8-5-9-13-20)25(31(24)26)18-10-6-4-7-11-18/h4-17,22-27H,1-3H3/t22-,23+,24-,25-,26-,27+/m0/s1. The fourth-order valence-electron chi connectivity index (χ4n) is 5.86. The SMILES string of the molecule is COC(=O)[C@@H]1[C@H](C(=O)OC)[C@H](c2ccc(OC)cc2)N2[C@@H]1C(=O)O[C@H](c1ccccc1)[C@@H]2c1ccccc1. The molecular formula is C30H29NO7. The number of hydrogen-bond acceptors (Lipinski definition) is 8. The number of nitrogens with zero attached hydrogens (tertiary/aromatic N) is 1. The number of carbonyl (C=O) groups is 3. The van der Waals surface area contributed by atoms with E-state index in [1.807, 2.05) is 77.7 Å². The van der Waals surface area contributed by atoms with E-state index in [1.165, 1.54) is 14.2 Å². The molecular weight excluding hydrogens is 486 g/mol. The highest BCUT2D eigenvalue weighted by Crippen LogP contribution is 2.56. The summed E-state index contributed by atoms with van der Waals surface area (Å²) in [5, 5.41) is 0. The molecule has 0 saturated carbocycles. The summed E-state index contributed by atoms with van der Waals surface area (Å²) in [6, 6.07) is 24.1. The third-order valence-electron chi connectivity index (χ3n) is 7.48. The molecule has 38 heavy (non-hydrogen) atoms. The Hall–Kier alpha value is -4.17. The van der Waals surface area contributed by atoms with Crippen LogP contribution in [0.25, 0.3) is 0 Å². The van der Waals surface area contributed by atoms with Gasteiger partial charge in [0.2, 0.25) is 0 Å². The van der Waals surface area contributed by atoms with Crippen molar-refractivity contribution in [3.05, 3.63) is 102 Å². The number of ether oxygens (including phenoxy) is 4. The number of methoxy groups -OCH3 is 3. The van der Waals surface area contributed by atoms with Gasteiger partial charge in [-0.25, -0.2) is 0 Å². The Morgan fingerprint density at radius 3 is 1.68 bits per heavy atom. The van der Waals surface area contributed by atoms with Crippen LogP contribution in [-0.4, -0.2) is 50.2 Å². The molecule has 0 aliphatic carbocycles. The second-order valence-corrected chi connectivity index (χ2v) is 9.33. The first kappa shape index (κ1) is 25.5. The maximum Gasteiger partial charge on any atom is 0.325 e. The Morgan fingerprint density at radius 2 is 1.16 bits per heavy atom. The van der Waals surface area contributed by atoms with E-state index in [0.29, 0.717) is 5.75 Å². The number of rotatable bonds is 6. The van der Waals surface area contributed by atoms with E-state index >= 15 is 0 Å². The van der Waals surface area contributed by atoms with E-state index in [9.17, 15) is 14.4 Å². The van der Waals surface area contributed by atoms with Crippen LogP contribution in [0.15, 0.2) is 84.9 Å². The van der Waals surface area contributed by atoms with Crippen LogP contribution >= 0.6 is 0 Å². The highest BCUT2D eigenvalue weighted by molar-refractivity contribution is 5.91. The van der Waals surface area contributed by atoms with E-state index in [2.05, 4.69) is 0 Å². The lowest BCUT2D eigenvalue weighted by Gasteiger charge is -2.45. The van der Waals surface area contributed by atoms with Crippen molar-refractivity contribution in [3.8, 4) is 5.75 Å². The number of fused-ring (bicyclic) bond motifs is 1. The van der Waals surface area contributed by atoms with Gasteiger partial charge in [0.25, 0.3) is 0 Å². The second-order valence-electron chi connectivity index (χ2n) is 9.33. The fraction of sp³-hybridized carbons (Fsp3) is 0.300. The summed E-state index contributed by atoms with van der Waals surface area (Å²) in [6.07, 6.45) is -0.683. The number of hydrogen-bond donors (Lipinski definition) is 0. The van der Waals surface area contributed by atoms with E-state index < -0.39 is 54.0 Å². The lowest BCUT2D eigenvalue weighted by atomic mass is 9.84. The lowest BCUT2D eigenvalue weighted by Crippen LogP contribution is -2.52. The predicted molar refractivity (Wildman–Crippen MR) is 137 cm³/mol. The van der Waals surface area contributed by atoms with Gasteiger partial charge in [-0.1, -0.05) is 72.8 Å². The first-order valence-corrected chi connectivity index (χ1v) is 12.4. The molecule has 8 heteroatoms. The van der Waals surface area contributed by atoms with E-state index in [4.69, 9.17) is 18.9 Å². The molecule has 0 N–H and O–H groups in total. The molecule has 0 spiro atoms. The minimum absolute atomic E-state index is 0.504. The third-order valence-corrected chi connectivity index (χ3v) is 7.48. The Balaban J connectivity index is 1.76. The van der Waals surface area contributed by atoms with Crippen molar-refractivity contribution < 1.29 is 33.3 Å². The Bertz CT molecular complexity index is 1300. The monoisotopic (exact) mass is 515 g/mol. The zero-order valence-electron chi connectivity index (χ0n) is 21.4. The lowest BCUT2D eigenvalue weighted by molar-refractivity contribution is -0.180. The summed E-state index contributed by atoms with van der Waals surface area (Å²) in [4.78, 5) is 42.3. The molecule has 0 amide bonds. The normalized spacial score (nSPS) is 26.7. The van der Waals surface area contributed by atoms with Crippen LogP contribution in [0, 0.1) is 11.8 Å². The van der Waals surface area contributed by atoms with Gasteiger partial charge in [-0.2, -0.15) is 0 Å². The summed E-state index contributed by atoms with van der Waals surface area (Å²) in [6.45, 7) is 0. The number of esters is 3. The molecule has 2 aliphatic rings. The first-order valence-electron chi connectivity index (χ1n) is 12.4. The van der Waals surface area contributed by atoms with Crippen molar-refractivity contribution >= 4 is 17.9 Å². The summed E-state index contributed by atoms with van der Waals surface area (Å²) in [5.41, 5.74) is 2.42. The van der Waals surface area contributed by atoms with Gasteiger partial charge in [0, 0.05) is 0 Å². The zero-order chi connectivity index (χ0) is 26.8. The average Bonchev–Trinajstić information content (AvgIpc) is 3.33. The van der Waals surface area contributed by atoms with Crippen LogP contribution < -0.4 is 4.74 Å². The van der Waals surface area contributed by atoms with Gasteiger partial charge in [0.1, 0.15) is 17.9 Å². The molecule has 196 valence electrons. The number of benzene rings is 3. The van der Waals surface area contributed by atoms with Crippen LogP contribution in [0.5, 0.6) is 5.75 Å². The second kappa shape index (κ2) is 10.7. The summed E-state index contributed by atoms with van der Waals surface area (Å²) in [7, 11) is 4.10. The number of morpholine rings is 1. The minimum Gasteiger partial charge on any atom is -0.497 e. The molecule has 2 fully saturated rings. The van der Waals surface area contributed by atoms with E-state index in [1.54, 1.807) is 19.2 Å². The highest BCUT2D eigenvalue weighted by atomic mass is 16.6. The van der Waals surface area contributed by atoms with Crippen LogP contribution in [0.3, 0.4) is 0 Å². The van der Waals surface area contributed by atoms with Gasteiger partial charge >= 0.3 is 17.9 Å². The molecule has 3 aromatic carbocycles. The zero-order valence-corrected chi connectivity index (χ0v) is 21.4. The first-order chi connectivity index (χ1) is 18.5. The van der Waals surface area contributed by atoms with Crippen molar-refractivity contribution in [1.29, 1.82) is 0 Å². The summed E-state index contributed by atoms with van der Waals surface area (Å²) >= 11 is 0. The minimum atomic E-state index is -1.13. The van der Waals surface area contributed by atoms with Crippen LogP contribution in [-0.2, 0) is 28.6 Å². The van der Waals surface area contributed by atoms with Gasteiger partial charge in [-0.3, -0.25) is 19.3 Å². The van der Waals surface area contributed by atoms with Crippen molar-refractivity contribution in [1.82, 2.24) is 4.90 Å². The topological polar surface area (TPSA) is 91.4 Å². The van der Waals surface area contributed by atoms with Gasteiger partial charge in [-0.15, -0.1) is 0 Å².